The normalized spacial score (nSPS) is 20.5. The molecule has 6 nitrogen and oxygen atoms in total. The summed E-state index contributed by atoms with van der Waals surface area (Å²) in [6.45, 7) is 3.39. The Morgan fingerprint density at radius 1 is 1.42 bits per heavy atom. The second-order valence-electron chi connectivity index (χ2n) is 5.62. The topological polar surface area (TPSA) is 67.9 Å². The Balaban J connectivity index is 2.25. The van der Waals surface area contributed by atoms with E-state index in [2.05, 4.69) is 5.32 Å². The fraction of sp³-hybridized carbons (Fsp3) is 0.529. The SMILES string of the molecule is CCCN(CCOC)C(=O)[C@H]1OCC(=O)N[C@@H]1c1ccccc1Cl. The zero-order valence-electron chi connectivity index (χ0n) is 14.0. The van der Waals surface area contributed by atoms with Gasteiger partial charge in [-0.15, -0.1) is 0 Å². The third kappa shape index (κ3) is 4.47. The first-order valence-corrected chi connectivity index (χ1v) is 8.39. The Labute approximate surface area is 147 Å². The summed E-state index contributed by atoms with van der Waals surface area (Å²) in [6.07, 6.45) is 0.0247. The van der Waals surface area contributed by atoms with Gasteiger partial charge in [-0.3, -0.25) is 9.59 Å². The first-order valence-electron chi connectivity index (χ1n) is 8.01. The molecule has 1 aliphatic heterocycles. The second-order valence-corrected chi connectivity index (χ2v) is 6.02. The summed E-state index contributed by atoms with van der Waals surface area (Å²) in [5.41, 5.74) is 0.675. The van der Waals surface area contributed by atoms with E-state index in [1.165, 1.54) is 0 Å². The van der Waals surface area contributed by atoms with Gasteiger partial charge in [0.25, 0.3) is 5.91 Å². The lowest BCUT2D eigenvalue weighted by atomic mass is 9.98. The van der Waals surface area contributed by atoms with Gasteiger partial charge >= 0.3 is 0 Å². The number of amides is 2. The average molecular weight is 355 g/mol. The molecular weight excluding hydrogens is 332 g/mol. The maximum absolute atomic E-state index is 12.9. The highest BCUT2D eigenvalue weighted by Crippen LogP contribution is 2.29. The van der Waals surface area contributed by atoms with Crippen molar-refractivity contribution in [2.24, 2.45) is 0 Å². The highest BCUT2D eigenvalue weighted by atomic mass is 35.5. The number of nitrogens with zero attached hydrogens (tertiary/aromatic N) is 1. The van der Waals surface area contributed by atoms with Crippen LogP contribution < -0.4 is 5.32 Å². The molecule has 0 aromatic heterocycles. The molecule has 1 aromatic carbocycles. The quantitative estimate of drug-likeness (QED) is 0.810. The molecule has 1 N–H and O–H groups in total. The predicted octanol–water partition coefficient (Wildman–Crippen LogP) is 1.78. The van der Waals surface area contributed by atoms with E-state index in [1.54, 1.807) is 30.2 Å². The van der Waals surface area contributed by atoms with Gasteiger partial charge < -0.3 is 19.7 Å². The molecule has 0 aliphatic carbocycles. The lowest BCUT2D eigenvalue weighted by Crippen LogP contribution is -2.54. The fourth-order valence-corrected chi connectivity index (χ4v) is 2.97. The standard InChI is InChI=1S/C17H23ClN2O4/c1-3-8-20(9-10-23-2)17(22)16-15(19-14(21)11-24-16)12-6-4-5-7-13(12)18/h4-7,15-16H,3,8-11H2,1-2H3,(H,19,21)/t15-,16+/m1/s1. The van der Waals surface area contributed by atoms with Crippen LogP contribution in [0, 0.1) is 0 Å². The maximum Gasteiger partial charge on any atom is 0.254 e. The number of hydrogen-bond acceptors (Lipinski definition) is 4. The van der Waals surface area contributed by atoms with E-state index in [0.29, 0.717) is 30.3 Å². The van der Waals surface area contributed by atoms with E-state index in [4.69, 9.17) is 21.1 Å². The zero-order chi connectivity index (χ0) is 17.5. The van der Waals surface area contributed by atoms with Crippen LogP contribution in [0.25, 0.3) is 0 Å². The molecule has 1 heterocycles. The lowest BCUT2D eigenvalue weighted by molar-refractivity contribution is -0.155. The number of benzene rings is 1. The molecule has 1 aromatic rings. The van der Waals surface area contributed by atoms with Crippen LogP contribution in [-0.2, 0) is 19.1 Å². The van der Waals surface area contributed by atoms with Gasteiger partial charge in [0.2, 0.25) is 5.91 Å². The Bertz CT molecular complexity index is 581. The molecule has 7 heteroatoms. The van der Waals surface area contributed by atoms with Crippen molar-refractivity contribution in [1.82, 2.24) is 10.2 Å². The lowest BCUT2D eigenvalue weighted by Gasteiger charge is -2.35. The van der Waals surface area contributed by atoms with Crippen molar-refractivity contribution < 1.29 is 19.1 Å². The van der Waals surface area contributed by atoms with E-state index < -0.39 is 12.1 Å². The Hall–Kier alpha value is -1.63. The Morgan fingerprint density at radius 2 is 2.17 bits per heavy atom. The second kappa shape index (κ2) is 9.01. The zero-order valence-corrected chi connectivity index (χ0v) is 14.7. The number of ether oxygens (including phenoxy) is 2. The van der Waals surface area contributed by atoms with Crippen molar-refractivity contribution in [2.45, 2.75) is 25.5 Å². The van der Waals surface area contributed by atoms with E-state index in [1.807, 2.05) is 13.0 Å². The smallest absolute Gasteiger partial charge is 0.254 e. The number of rotatable bonds is 7. The number of morpholine rings is 1. The average Bonchev–Trinajstić information content (AvgIpc) is 2.58. The minimum absolute atomic E-state index is 0.137. The van der Waals surface area contributed by atoms with E-state index >= 15 is 0 Å². The largest absolute Gasteiger partial charge is 0.383 e. The summed E-state index contributed by atoms with van der Waals surface area (Å²) in [5, 5.41) is 3.32. The first kappa shape index (κ1) is 18.7. The van der Waals surface area contributed by atoms with Gasteiger partial charge in [-0.25, -0.2) is 0 Å². The summed E-state index contributed by atoms with van der Waals surface area (Å²) in [7, 11) is 1.60. The number of carbonyl (C=O) groups excluding carboxylic acids is 2. The van der Waals surface area contributed by atoms with Gasteiger partial charge in [-0.2, -0.15) is 0 Å². The molecule has 2 amide bonds. The molecule has 24 heavy (non-hydrogen) atoms. The van der Waals surface area contributed by atoms with Crippen LogP contribution >= 0.6 is 11.6 Å². The van der Waals surface area contributed by atoms with E-state index in [0.717, 1.165) is 6.42 Å². The van der Waals surface area contributed by atoms with Crippen molar-refractivity contribution >= 4 is 23.4 Å². The Morgan fingerprint density at radius 3 is 2.83 bits per heavy atom. The van der Waals surface area contributed by atoms with Gasteiger partial charge in [-0.05, 0) is 18.1 Å². The molecule has 0 radical (unpaired) electrons. The van der Waals surface area contributed by atoms with E-state index in [-0.39, 0.29) is 18.4 Å². The minimum atomic E-state index is -0.800. The molecular formula is C17H23ClN2O4. The summed E-state index contributed by atoms with van der Waals surface area (Å²) in [5.74, 6) is -0.429. The van der Waals surface area contributed by atoms with Crippen molar-refractivity contribution in [2.75, 3.05) is 33.4 Å². The van der Waals surface area contributed by atoms with Crippen LogP contribution in [0.5, 0.6) is 0 Å². The van der Waals surface area contributed by atoms with Crippen LogP contribution in [0.15, 0.2) is 24.3 Å². The summed E-state index contributed by atoms with van der Waals surface area (Å²) < 4.78 is 10.7. The van der Waals surface area contributed by atoms with Gasteiger partial charge in [-0.1, -0.05) is 36.7 Å². The molecule has 0 spiro atoms. The third-order valence-corrected chi connectivity index (χ3v) is 4.21. The number of halogens is 1. The van der Waals surface area contributed by atoms with Gasteiger partial charge in [0.15, 0.2) is 6.10 Å². The van der Waals surface area contributed by atoms with Crippen LogP contribution in [0.1, 0.15) is 24.9 Å². The molecule has 2 rings (SSSR count). The van der Waals surface area contributed by atoms with Crippen molar-refractivity contribution in [3.8, 4) is 0 Å². The number of hydrogen-bond donors (Lipinski definition) is 1. The predicted molar refractivity (Wildman–Crippen MR) is 90.8 cm³/mol. The summed E-state index contributed by atoms with van der Waals surface area (Å²) in [6, 6.07) is 6.54. The van der Waals surface area contributed by atoms with Crippen molar-refractivity contribution in [3.05, 3.63) is 34.9 Å². The molecule has 1 aliphatic rings. The van der Waals surface area contributed by atoms with Crippen LogP contribution in [0.4, 0.5) is 0 Å². The number of carbonyl (C=O) groups is 2. The van der Waals surface area contributed by atoms with Crippen molar-refractivity contribution in [3.63, 3.8) is 0 Å². The number of methoxy groups -OCH3 is 1. The molecule has 0 bridgehead atoms. The third-order valence-electron chi connectivity index (χ3n) is 3.87. The number of nitrogens with one attached hydrogen (secondary N) is 1. The van der Waals surface area contributed by atoms with Gasteiger partial charge in [0, 0.05) is 25.2 Å². The molecule has 1 fully saturated rings. The van der Waals surface area contributed by atoms with Crippen molar-refractivity contribution in [1.29, 1.82) is 0 Å². The van der Waals surface area contributed by atoms with Gasteiger partial charge in [0.1, 0.15) is 6.61 Å². The highest BCUT2D eigenvalue weighted by Gasteiger charge is 2.38. The fourth-order valence-electron chi connectivity index (χ4n) is 2.72. The van der Waals surface area contributed by atoms with Gasteiger partial charge in [0.05, 0.1) is 12.6 Å². The molecule has 1 saturated heterocycles. The molecule has 2 atom stereocenters. The maximum atomic E-state index is 12.9. The first-order chi connectivity index (χ1) is 11.6. The van der Waals surface area contributed by atoms with Crippen LogP contribution in [0.2, 0.25) is 5.02 Å². The summed E-state index contributed by atoms with van der Waals surface area (Å²) >= 11 is 6.25. The highest BCUT2D eigenvalue weighted by molar-refractivity contribution is 6.31. The molecule has 0 unspecified atom stereocenters. The Kier molecular flexibility index (Phi) is 7.02. The molecule has 0 saturated carbocycles. The van der Waals surface area contributed by atoms with E-state index in [9.17, 15) is 9.59 Å². The monoisotopic (exact) mass is 354 g/mol. The minimum Gasteiger partial charge on any atom is -0.383 e. The van der Waals surface area contributed by atoms with Crippen LogP contribution in [0.3, 0.4) is 0 Å². The molecule has 132 valence electrons. The van der Waals surface area contributed by atoms with Crippen LogP contribution in [-0.4, -0.2) is 56.2 Å². The summed E-state index contributed by atoms with van der Waals surface area (Å²) in [4.78, 5) is 26.4.